The van der Waals surface area contributed by atoms with Crippen LogP contribution in [0.3, 0.4) is 0 Å². The molecule has 6 nitrogen and oxygen atoms in total. The van der Waals surface area contributed by atoms with Crippen molar-refractivity contribution >= 4 is 29.1 Å². The smallest absolute Gasteiger partial charge is 0.339 e. The standard InChI is InChI=1S/C22H15N3O3S2/c23-11-15-5-7-16(8-6-15)13-30-19-4-2-1-3-18(19)22(26)27-12-20-24-21(25-28-20)17-9-10-29-14-17/h1-10,14H,12-13H2. The van der Waals surface area contributed by atoms with E-state index in [1.54, 1.807) is 35.6 Å². The number of thiophene rings is 1. The first kappa shape index (κ1) is 19.9. The van der Waals surface area contributed by atoms with Crippen LogP contribution >= 0.6 is 23.1 Å². The van der Waals surface area contributed by atoms with Gasteiger partial charge in [-0.1, -0.05) is 29.4 Å². The molecule has 0 amide bonds. The largest absolute Gasteiger partial charge is 0.452 e. The van der Waals surface area contributed by atoms with Crippen LogP contribution in [-0.4, -0.2) is 16.1 Å². The first-order valence-electron chi connectivity index (χ1n) is 8.96. The number of rotatable bonds is 7. The quantitative estimate of drug-likeness (QED) is 0.288. The lowest BCUT2D eigenvalue weighted by atomic mass is 10.2. The van der Waals surface area contributed by atoms with Crippen LogP contribution in [0.4, 0.5) is 0 Å². The van der Waals surface area contributed by atoms with E-state index in [0.29, 0.717) is 22.7 Å². The Morgan fingerprint density at radius 3 is 2.77 bits per heavy atom. The lowest BCUT2D eigenvalue weighted by Crippen LogP contribution is -2.07. The zero-order chi connectivity index (χ0) is 20.8. The molecule has 0 saturated heterocycles. The van der Waals surface area contributed by atoms with Crippen LogP contribution in [-0.2, 0) is 17.1 Å². The van der Waals surface area contributed by atoms with E-state index >= 15 is 0 Å². The monoisotopic (exact) mass is 433 g/mol. The Hall–Kier alpha value is -3.41. The maximum absolute atomic E-state index is 12.6. The third kappa shape index (κ3) is 4.76. The third-order valence-corrected chi connectivity index (χ3v) is 5.99. The maximum Gasteiger partial charge on any atom is 0.339 e. The average molecular weight is 434 g/mol. The molecule has 0 unspecified atom stereocenters. The van der Waals surface area contributed by atoms with Gasteiger partial charge in [0.25, 0.3) is 5.89 Å². The molecular formula is C22H15N3O3S2. The van der Waals surface area contributed by atoms with Crippen molar-refractivity contribution in [3.63, 3.8) is 0 Å². The number of thioether (sulfide) groups is 1. The second-order valence-electron chi connectivity index (χ2n) is 6.19. The Labute approximate surface area is 181 Å². The van der Waals surface area contributed by atoms with Crippen molar-refractivity contribution in [2.45, 2.75) is 17.3 Å². The molecule has 0 fully saturated rings. The van der Waals surface area contributed by atoms with Gasteiger partial charge in [-0.15, -0.1) is 11.8 Å². The molecule has 0 bridgehead atoms. The Bertz CT molecular complexity index is 1180. The highest BCUT2D eigenvalue weighted by Crippen LogP contribution is 2.27. The number of carbonyl (C=O) groups excluding carboxylic acids is 1. The summed E-state index contributed by atoms with van der Waals surface area (Å²) in [6.07, 6.45) is 0. The number of ether oxygens (including phenoxy) is 1. The van der Waals surface area contributed by atoms with Gasteiger partial charge in [-0.2, -0.15) is 21.6 Å². The van der Waals surface area contributed by atoms with E-state index < -0.39 is 5.97 Å². The Morgan fingerprint density at radius 2 is 2.00 bits per heavy atom. The number of esters is 1. The van der Waals surface area contributed by atoms with E-state index in [2.05, 4.69) is 16.2 Å². The molecule has 2 aromatic heterocycles. The summed E-state index contributed by atoms with van der Waals surface area (Å²) in [5.74, 6) is 0.935. The lowest BCUT2D eigenvalue weighted by molar-refractivity contribution is 0.0425. The van der Waals surface area contributed by atoms with Crippen molar-refractivity contribution in [3.05, 3.63) is 87.9 Å². The van der Waals surface area contributed by atoms with Gasteiger partial charge in [0, 0.05) is 21.6 Å². The van der Waals surface area contributed by atoms with Crippen molar-refractivity contribution in [1.82, 2.24) is 10.1 Å². The van der Waals surface area contributed by atoms with Crippen molar-refractivity contribution in [1.29, 1.82) is 5.26 Å². The highest BCUT2D eigenvalue weighted by Gasteiger charge is 2.16. The lowest BCUT2D eigenvalue weighted by Gasteiger charge is -2.08. The molecule has 0 aliphatic carbocycles. The molecule has 0 atom stereocenters. The van der Waals surface area contributed by atoms with Gasteiger partial charge >= 0.3 is 5.97 Å². The fourth-order valence-corrected chi connectivity index (χ4v) is 4.26. The highest BCUT2D eigenvalue weighted by atomic mass is 32.2. The van der Waals surface area contributed by atoms with Crippen molar-refractivity contribution in [2.75, 3.05) is 0 Å². The number of nitriles is 1. The molecule has 8 heteroatoms. The fraction of sp³-hybridized carbons (Fsp3) is 0.0909. The van der Waals surface area contributed by atoms with Gasteiger partial charge in [-0.25, -0.2) is 4.79 Å². The number of nitrogens with zero attached hydrogens (tertiary/aromatic N) is 3. The van der Waals surface area contributed by atoms with Crippen LogP contribution in [0.1, 0.15) is 27.4 Å². The fourth-order valence-electron chi connectivity index (χ4n) is 2.63. The SMILES string of the molecule is N#Cc1ccc(CSc2ccccc2C(=O)OCc2nc(-c3ccsc3)no2)cc1. The molecule has 2 heterocycles. The molecule has 0 radical (unpaired) electrons. The predicted octanol–water partition coefficient (Wildman–Crippen LogP) is 5.32. The predicted molar refractivity (Wildman–Crippen MR) is 114 cm³/mol. The second-order valence-corrected chi connectivity index (χ2v) is 7.99. The van der Waals surface area contributed by atoms with Gasteiger partial charge in [-0.3, -0.25) is 0 Å². The third-order valence-electron chi connectivity index (χ3n) is 4.16. The number of aromatic nitrogens is 2. The van der Waals surface area contributed by atoms with Crippen LogP contribution in [0, 0.1) is 11.3 Å². The zero-order valence-corrected chi connectivity index (χ0v) is 17.3. The molecule has 4 rings (SSSR count). The summed E-state index contributed by atoms with van der Waals surface area (Å²) < 4.78 is 10.6. The molecule has 30 heavy (non-hydrogen) atoms. The van der Waals surface area contributed by atoms with Crippen molar-refractivity contribution < 1.29 is 14.1 Å². The molecule has 0 aliphatic heterocycles. The number of hydrogen-bond acceptors (Lipinski definition) is 8. The molecule has 148 valence electrons. The molecule has 0 saturated carbocycles. The minimum Gasteiger partial charge on any atom is -0.452 e. The van der Waals surface area contributed by atoms with Crippen LogP contribution in [0.5, 0.6) is 0 Å². The molecule has 0 N–H and O–H groups in total. The first-order valence-corrected chi connectivity index (χ1v) is 10.9. The van der Waals surface area contributed by atoms with Crippen LogP contribution in [0.25, 0.3) is 11.4 Å². The van der Waals surface area contributed by atoms with Gasteiger partial charge in [0.05, 0.1) is 17.2 Å². The Morgan fingerprint density at radius 1 is 1.17 bits per heavy atom. The minimum atomic E-state index is -0.451. The molecule has 2 aromatic carbocycles. The average Bonchev–Trinajstić information content (AvgIpc) is 3.48. The van der Waals surface area contributed by atoms with E-state index in [-0.39, 0.29) is 12.5 Å². The van der Waals surface area contributed by atoms with Crippen LogP contribution in [0.15, 0.2) is 74.8 Å². The van der Waals surface area contributed by atoms with Gasteiger partial charge in [0.2, 0.25) is 5.82 Å². The molecule has 4 aromatic rings. The van der Waals surface area contributed by atoms with E-state index in [4.69, 9.17) is 14.5 Å². The maximum atomic E-state index is 12.6. The molecular weight excluding hydrogens is 418 g/mol. The topological polar surface area (TPSA) is 89.0 Å². The van der Waals surface area contributed by atoms with E-state index in [9.17, 15) is 4.79 Å². The van der Waals surface area contributed by atoms with Crippen LogP contribution in [0.2, 0.25) is 0 Å². The summed E-state index contributed by atoms with van der Waals surface area (Å²) in [6.45, 7) is -0.0927. The van der Waals surface area contributed by atoms with Crippen LogP contribution < -0.4 is 0 Å². The number of benzene rings is 2. The zero-order valence-electron chi connectivity index (χ0n) is 15.6. The molecule has 0 aliphatic rings. The van der Waals surface area contributed by atoms with Gasteiger partial charge in [0.15, 0.2) is 6.61 Å². The Kier molecular flexibility index (Phi) is 6.23. The van der Waals surface area contributed by atoms with Crippen molar-refractivity contribution in [2.24, 2.45) is 0 Å². The van der Waals surface area contributed by atoms with Gasteiger partial charge in [-0.05, 0) is 41.3 Å². The molecule has 0 spiro atoms. The summed E-state index contributed by atoms with van der Waals surface area (Å²) in [7, 11) is 0. The van der Waals surface area contributed by atoms with Crippen molar-refractivity contribution in [3.8, 4) is 17.5 Å². The highest BCUT2D eigenvalue weighted by molar-refractivity contribution is 7.98. The number of hydrogen-bond donors (Lipinski definition) is 0. The first-order chi connectivity index (χ1) is 14.7. The Balaban J connectivity index is 1.39. The van der Waals surface area contributed by atoms with E-state index in [1.807, 2.05) is 41.1 Å². The van der Waals surface area contributed by atoms with Gasteiger partial charge < -0.3 is 9.26 Å². The summed E-state index contributed by atoms with van der Waals surface area (Å²) >= 11 is 3.07. The van der Waals surface area contributed by atoms with E-state index in [1.165, 1.54) is 11.8 Å². The van der Waals surface area contributed by atoms with E-state index in [0.717, 1.165) is 16.0 Å². The summed E-state index contributed by atoms with van der Waals surface area (Å²) in [5.41, 5.74) is 3.03. The van der Waals surface area contributed by atoms with Gasteiger partial charge in [0.1, 0.15) is 0 Å². The normalized spacial score (nSPS) is 10.5. The summed E-state index contributed by atoms with van der Waals surface area (Å²) in [5, 5.41) is 16.6. The summed E-state index contributed by atoms with van der Waals surface area (Å²) in [4.78, 5) is 17.7. The minimum absolute atomic E-state index is 0.0927. The second kappa shape index (κ2) is 9.39. The number of carbonyl (C=O) groups is 1. The summed E-state index contributed by atoms with van der Waals surface area (Å²) in [6, 6.07) is 18.7.